The first-order valence-corrected chi connectivity index (χ1v) is 6.82. The molecule has 108 valence electrons. The topological polar surface area (TPSA) is 124 Å². The van der Waals surface area contributed by atoms with Crippen LogP contribution in [0.3, 0.4) is 0 Å². The molecule has 0 aliphatic heterocycles. The number of carbonyl (C=O) groups is 1. The molecule has 0 rings (SSSR count). The van der Waals surface area contributed by atoms with Gasteiger partial charge in [0.25, 0.3) is 0 Å². The molecule has 3 atom stereocenters. The van der Waals surface area contributed by atoms with Gasteiger partial charge in [-0.3, -0.25) is 9.57 Å². The lowest BCUT2D eigenvalue weighted by Crippen LogP contribution is -2.33. The summed E-state index contributed by atoms with van der Waals surface area (Å²) in [5.41, 5.74) is 5.11. The lowest BCUT2D eigenvalue weighted by atomic mass is 10.2. The van der Waals surface area contributed by atoms with Crippen LogP contribution in [0.5, 0.6) is 0 Å². The summed E-state index contributed by atoms with van der Waals surface area (Å²) in [7, 11) is -3.37. The molecule has 0 amide bonds. The fraction of sp³-hybridized carbons (Fsp3) is 0.875. The van der Waals surface area contributed by atoms with Gasteiger partial charge in [0.2, 0.25) is 0 Å². The van der Waals surface area contributed by atoms with Gasteiger partial charge in [-0.05, 0) is 12.8 Å². The molecule has 0 bridgehead atoms. The Morgan fingerprint density at radius 1 is 1.33 bits per heavy atom. The molecule has 0 aliphatic rings. The summed E-state index contributed by atoms with van der Waals surface area (Å²) in [6.45, 7) is 0. The molecule has 0 spiro atoms. The Balaban J connectivity index is 4.22. The van der Waals surface area contributed by atoms with E-state index in [9.17, 15) is 22.2 Å². The highest BCUT2D eigenvalue weighted by molar-refractivity contribution is 7.92. The molecule has 6 nitrogen and oxygen atoms in total. The quantitative estimate of drug-likeness (QED) is 0.531. The van der Waals surface area contributed by atoms with E-state index in [-0.39, 0.29) is 6.42 Å². The van der Waals surface area contributed by atoms with Crippen molar-refractivity contribution in [2.75, 3.05) is 11.5 Å². The predicted octanol–water partition coefficient (Wildman–Crippen LogP) is 0.148. The smallest absolute Gasteiger partial charge is 0.414 e. The molecule has 18 heavy (non-hydrogen) atoms. The van der Waals surface area contributed by atoms with Crippen molar-refractivity contribution in [2.45, 2.75) is 31.2 Å². The number of rotatable bonds is 7. The molecule has 0 aromatic heterocycles. The Hall–Kier alpha value is -0.870. The van der Waals surface area contributed by atoms with Gasteiger partial charge in [0.05, 0.1) is 0 Å². The van der Waals surface area contributed by atoms with Gasteiger partial charge < -0.3 is 15.9 Å². The van der Waals surface area contributed by atoms with Gasteiger partial charge in [0.15, 0.2) is 6.10 Å². The molecule has 0 saturated heterocycles. The lowest BCUT2D eigenvalue weighted by Gasteiger charge is -2.15. The highest BCUT2D eigenvalue weighted by Gasteiger charge is 2.38. The summed E-state index contributed by atoms with van der Waals surface area (Å²) in [6, 6.07) is -1.30. The maximum Gasteiger partial charge on any atom is 0.414 e. The van der Waals surface area contributed by atoms with Crippen molar-refractivity contribution in [1.82, 2.24) is 0 Å². The molecule has 5 N–H and O–H groups in total. The summed E-state index contributed by atoms with van der Waals surface area (Å²) in [6.07, 6.45) is -8.56. The van der Waals surface area contributed by atoms with Crippen molar-refractivity contribution < 1.29 is 32.4 Å². The van der Waals surface area contributed by atoms with E-state index in [0.717, 1.165) is 0 Å². The molecule has 0 aliphatic carbocycles. The van der Waals surface area contributed by atoms with Gasteiger partial charge >= 0.3 is 12.1 Å². The number of nitrogens with two attached hydrogens (primary N) is 1. The predicted molar refractivity (Wildman–Crippen MR) is 57.5 cm³/mol. The normalized spacial score (nSPS) is 18.9. The van der Waals surface area contributed by atoms with Gasteiger partial charge in [-0.2, -0.15) is 13.2 Å². The van der Waals surface area contributed by atoms with Crippen LogP contribution < -0.4 is 5.73 Å². The van der Waals surface area contributed by atoms with E-state index in [1.807, 2.05) is 0 Å². The second-order valence-corrected chi connectivity index (χ2v) is 6.24. The molecular weight excluding hydrogens is 277 g/mol. The Labute approximate surface area is 102 Å². The number of aliphatic hydroxyl groups is 1. The van der Waals surface area contributed by atoms with Crippen LogP contribution in [-0.4, -0.2) is 50.2 Å². The van der Waals surface area contributed by atoms with Crippen LogP contribution in [0.15, 0.2) is 0 Å². The Kier molecular flexibility index (Phi) is 6.04. The molecule has 0 heterocycles. The molecule has 1 unspecified atom stereocenters. The van der Waals surface area contributed by atoms with Crippen molar-refractivity contribution in [3.8, 4) is 0 Å². The first-order chi connectivity index (χ1) is 7.96. The second kappa shape index (κ2) is 6.34. The van der Waals surface area contributed by atoms with Crippen LogP contribution in [0.1, 0.15) is 12.8 Å². The maximum atomic E-state index is 11.9. The van der Waals surface area contributed by atoms with Gasteiger partial charge in [-0.25, -0.2) is 4.21 Å². The maximum absolute atomic E-state index is 11.9. The summed E-state index contributed by atoms with van der Waals surface area (Å²) >= 11 is 0. The first-order valence-electron chi connectivity index (χ1n) is 4.93. The Morgan fingerprint density at radius 2 is 1.78 bits per heavy atom. The highest BCUT2D eigenvalue weighted by atomic mass is 32.2. The van der Waals surface area contributed by atoms with Crippen LogP contribution in [-0.2, 0) is 14.5 Å². The van der Waals surface area contributed by atoms with Crippen molar-refractivity contribution in [1.29, 1.82) is 4.78 Å². The number of halogens is 3. The Bertz CT molecular complexity index is 382. The van der Waals surface area contributed by atoms with Crippen molar-refractivity contribution in [3.63, 3.8) is 0 Å². The van der Waals surface area contributed by atoms with Gasteiger partial charge in [0.1, 0.15) is 6.04 Å². The number of aliphatic hydroxyl groups excluding tert-OH is 1. The summed E-state index contributed by atoms with van der Waals surface area (Å²) in [5.74, 6) is -2.40. The third-order valence-electron chi connectivity index (χ3n) is 2.17. The SMILES string of the molecule is N=[S@@](=O)(CCC(O)C(F)(F)F)CC[C@H](N)C(=O)O. The molecule has 0 aromatic carbocycles. The van der Waals surface area contributed by atoms with Crippen LogP contribution in [0.25, 0.3) is 0 Å². The van der Waals surface area contributed by atoms with E-state index < -0.39 is 51.9 Å². The van der Waals surface area contributed by atoms with Crippen molar-refractivity contribution >= 4 is 15.7 Å². The molecule has 0 fully saturated rings. The minimum absolute atomic E-state index is 0.264. The summed E-state index contributed by atoms with van der Waals surface area (Å²) in [5, 5.41) is 17.1. The Morgan fingerprint density at radius 3 is 2.17 bits per heavy atom. The van der Waals surface area contributed by atoms with Crippen LogP contribution >= 0.6 is 0 Å². The summed E-state index contributed by atoms with van der Waals surface area (Å²) < 4.78 is 54.6. The van der Waals surface area contributed by atoms with Gasteiger partial charge in [-0.15, -0.1) is 0 Å². The lowest BCUT2D eigenvalue weighted by molar-refractivity contribution is -0.203. The fourth-order valence-electron chi connectivity index (χ4n) is 1.01. The number of hydrogen-bond donors (Lipinski definition) is 4. The number of aliphatic carboxylic acids is 1. The van der Waals surface area contributed by atoms with Crippen LogP contribution in [0.2, 0.25) is 0 Å². The monoisotopic (exact) mass is 292 g/mol. The number of hydrogen-bond acceptors (Lipinski definition) is 5. The number of carboxylic acids is 1. The molecule has 0 saturated carbocycles. The summed E-state index contributed by atoms with van der Waals surface area (Å²) in [4.78, 5) is 10.3. The zero-order chi connectivity index (χ0) is 14.6. The van der Waals surface area contributed by atoms with E-state index >= 15 is 0 Å². The van der Waals surface area contributed by atoms with E-state index in [4.69, 9.17) is 20.7 Å². The molecular formula is C8H15F3N2O4S. The van der Waals surface area contributed by atoms with E-state index in [1.54, 1.807) is 0 Å². The van der Waals surface area contributed by atoms with Gasteiger partial charge in [-0.1, -0.05) is 0 Å². The van der Waals surface area contributed by atoms with E-state index in [0.29, 0.717) is 0 Å². The fourth-order valence-corrected chi connectivity index (χ4v) is 2.45. The first kappa shape index (κ1) is 17.1. The third kappa shape index (κ3) is 6.77. The second-order valence-electron chi connectivity index (χ2n) is 3.80. The molecule has 0 aromatic rings. The zero-order valence-electron chi connectivity index (χ0n) is 9.31. The van der Waals surface area contributed by atoms with Crippen molar-refractivity contribution in [3.05, 3.63) is 0 Å². The number of nitrogens with one attached hydrogen (secondary N) is 1. The zero-order valence-corrected chi connectivity index (χ0v) is 10.1. The molecule has 0 radical (unpaired) electrons. The number of carboxylic acid groups (broad SMARTS) is 1. The third-order valence-corrected chi connectivity index (χ3v) is 3.96. The average Bonchev–Trinajstić information content (AvgIpc) is 2.21. The van der Waals surface area contributed by atoms with E-state index in [2.05, 4.69) is 0 Å². The minimum atomic E-state index is -4.81. The van der Waals surface area contributed by atoms with Gasteiger partial charge in [0, 0.05) is 21.2 Å². The standard InChI is InChI=1S/C8H15F3N2O4S/c9-8(10,11)6(14)2-4-18(13,17)3-1-5(12)7(15)16/h5-6,13-14H,1-4,12H2,(H,15,16)/t5-,6?,18-/m0/s1. The highest BCUT2D eigenvalue weighted by Crippen LogP contribution is 2.22. The van der Waals surface area contributed by atoms with E-state index in [1.165, 1.54) is 0 Å². The largest absolute Gasteiger partial charge is 0.480 e. The van der Waals surface area contributed by atoms with Crippen LogP contribution in [0, 0.1) is 4.78 Å². The molecule has 10 heteroatoms. The minimum Gasteiger partial charge on any atom is -0.480 e. The van der Waals surface area contributed by atoms with Crippen LogP contribution in [0.4, 0.5) is 13.2 Å². The number of alkyl halides is 3. The average molecular weight is 292 g/mol. The van der Waals surface area contributed by atoms with Crippen molar-refractivity contribution in [2.24, 2.45) is 5.73 Å².